The normalized spacial score (nSPS) is 31.0. The third kappa shape index (κ3) is 2.58. The molecule has 0 radical (unpaired) electrons. The largest absolute Gasteiger partial charge is 0.526 e. The van der Waals surface area contributed by atoms with Crippen LogP contribution in [0.5, 0.6) is 0 Å². The zero-order valence-electron chi connectivity index (χ0n) is 18.1. The maximum Gasteiger partial charge on any atom is 0.526 e. The Hall–Kier alpha value is -2.43. The number of amides is 1. The summed E-state index contributed by atoms with van der Waals surface area (Å²) in [7, 11) is 1.50. The molecule has 31 heavy (non-hydrogen) atoms. The molecule has 3 atom stereocenters. The lowest BCUT2D eigenvalue weighted by Gasteiger charge is -2.33. The number of quaternary nitrogens is 1. The van der Waals surface area contributed by atoms with Gasteiger partial charge in [0.25, 0.3) is 0 Å². The summed E-state index contributed by atoms with van der Waals surface area (Å²) in [5.74, 6) is 0.681. The van der Waals surface area contributed by atoms with Crippen molar-refractivity contribution in [3.63, 3.8) is 0 Å². The van der Waals surface area contributed by atoms with Crippen LogP contribution < -0.4 is 10.4 Å². The molecule has 2 aliphatic heterocycles. The van der Waals surface area contributed by atoms with Crippen LogP contribution >= 0.6 is 0 Å². The summed E-state index contributed by atoms with van der Waals surface area (Å²) in [6.07, 6.45) is 16.6. The highest BCUT2D eigenvalue weighted by atomic mass is 16.5. The van der Waals surface area contributed by atoms with Crippen molar-refractivity contribution in [1.29, 1.82) is 0 Å². The van der Waals surface area contributed by atoms with Gasteiger partial charge in [0.2, 0.25) is 0 Å². The van der Waals surface area contributed by atoms with Gasteiger partial charge >= 0.3 is 6.09 Å². The van der Waals surface area contributed by atoms with Crippen molar-refractivity contribution >= 4 is 17.9 Å². The minimum atomic E-state index is -0.219. The molecule has 4 nitrogen and oxygen atoms in total. The van der Waals surface area contributed by atoms with Crippen LogP contribution in [0.15, 0.2) is 53.3 Å². The fourth-order valence-electron chi connectivity index (χ4n) is 6.62. The number of hydrogen-bond donors (Lipinski definition) is 1. The van der Waals surface area contributed by atoms with Gasteiger partial charge in [0.15, 0.2) is 6.04 Å². The topological polar surface area (TPSA) is 46.5 Å². The van der Waals surface area contributed by atoms with Crippen LogP contribution in [-0.2, 0) is 4.74 Å². The van der Waals surface area contributed by atoms with Crippen molar-refractivity contribution in [3.8, 4) is 0 Å². The number of carbonyl (C=O) groups is 1. The number of allylic oxidation sites excluding steroid dienone is 2. The van der Waals surface area contributed by atoms with E-state index in [2.05, 4.69) is 42.5 Å². The van der Waals surface area contributed by atoms with Crippen LogP contribution in [0.1, 0.15) is 56.4 Å². The van der Waals surface area contributed by atoms with E-state index in [0.717, 1.165) is 24.2 Å². The number of ether oxygens (including phenoxy) is 1. The lowest BCUT2D eigenvalue weighted by Crippen LogP contribution is -2.53. The number of fused-ring (bicyclic) bond motifs is 5. The third-order valence-corrected chi connectivity index (χ3v) is 8.17. The molecule has 2 unspecified atom stereocenters. The SMILES string of the molecule is COC(=O)[N+]12C3=C(CC1=c1cccc(C4CCCCC4)c1=CC1=CC12)[C@@H](CO)CC=C3. The Morgan fingerprint density at radius 3 is 2.84 bits per heavy atom. The van der Waals surface area contributed by atoms with E-state index in [9.17, 15) is 9.90 Å². The van der Waals surface area contributed by atoms with Crippen LogP contribution in [0.25, 0.3) is 11.8 Å². The Balaban J connectivity index is 1.65. The number of aliphatic hydroxyl groups is 1. The van der Waals surface area contributed by atoms with Crippen molar-refractivity contribution in [2.75, 3.05) is 13.7 Å². The standard InChI is InChI=1S/C27H30NO3/c1-31-27(30)28-24-12-5-9-18(16-29)22(24)15-26(28)21-11-6-10-20(17-7-3-2-4-8-17)23(21)13-19-14-25(19)28/h5-6,10-14,17-18,25,29H,2-4,7-9,15-16H2,1H3/q+1/t18-,25?,28?/m1/s1. The quantitative estimate of drug-likeness (QED) is 0.747. The molecule has 160 valence electrons. The molecule has 5 aliphatic rings. The number of carbonyl (C=O) groups excluding carboxylic acids is 1. The molecule has 1 saturated carbocycles. The van der Waals surface area contributed by atoms with E-state index in [-0.39, 0.29) is 29.1 Å². The second-order valence-corrected chi connectivity index (χ2v) is 9.64. The zero-order chi connectivity index (χ0) is 21.2. The van der Waals surface area contributed by atoms with Gasteiger partial charge in [0, 0.05) is 22.3 Å². The lowest BCUT2D eigenvalue weighted by molar-refractivity contribution is -0.748. The maximum atomic E-state index is 13.6. The minimum Gasteiger partial charge on any atom is -0.423 e. The van der Waals surface area contributed by atoms with Crippen molar-refractivity contribution < 1.29 is 19.1 Å². The number of aliphatic hydroxyl groups excluding tert-OH is 1. The second kappa shape index (κ2) is 7.04. The van der Waals surface area contributed by atoms with Gasteiger partial charge in [-0.2, -0.15) is 9.28 Å². The molecule has 0 aromatic heterocycles. The third-order valence-electron chi connectivity index (χ3n) is 8.17. The van der Waals surface area contributed by atoms with Crippen LogP contribution in [0.3, 0.4) is 0 Å². The first-order valence-corrected chi connectivity index (χ1v) is 11.7. The van der Waals surface area contributed by atoms with E-state index in [0.29, 0.717) is 5.92 Å². The number of methoxy groups -OCH3 is 1. The highest BCUT2D eigenvalue weighted by molar-refractivity contribution is 5.78. The van der Waals surface area contributed by atoms with Gasteiger partial charge in [-0.05, 0) is 60.3 Å². The molecule has 1 fully saturated rings. The molecule has 4 heteroatoms. The van der Waals surface area contributed by atoms with E-state index in [1.807, 2.05) is 0 Å². The van der Waals surface area contributed by atoms with Gasteiger partial charge in [-0.3, -0.25) is 0 Å². The van der Waals surface area contributed by atoms with Gasteiger partial charge in [-0.25, -0.2) is 0 Å². The van der Waals surface area contributed by atoms with Crippen molar-refractivity contribution in [3.05, 3.63) is 69.3 Å². The second-order valence-electron chi connectivity index (χ2n) is 9.64. The van der Waals surface area contributed by atoms with E-state index in [1.54, 1.807) is 0 Å². The molecule has 6 rings (SSSR count). The summed E-state index contributed by atoms with van der Waals surface area (Å²) in [5.41, 5.74) is 6.03. The maximum absolute atomic E-state index is 13.6. The number of nitrogens with zero attached hydrogens (tertiary/aromatic N) is 1. The van der Waals surface area contributed by atoms with Crippen LogP contribution in [0, 0.1) is 5.92 Å². The van der Waals surface area contributed by atoms with Crippen LogP contribution in [-0.4, -0.2) is 35.4 Å². The predicted octanol–water partition coefficient (Wildman–Crippen LogP) is 3.75. The molecule has 1 N–H and O–H groups in total. The van der Waals surface area contributed by atoms with Crippen LogP contribution in [0.2, 0.25) is 0 Å². The fourth-order valence-corrected chi connectivity index (χ4v) is 6.62. The predicted molar refractivity (Wildman–Crippen MR) is 120 cm³/mol. The van der Waals surface area contributed by atoms with Crippen LogP contribution in [0.4, 0.5) is 4.79 Å². The molecule has 0 spiro atoms. The molecule has 1 aromatic carbocycles. The summed E-state index contributed by atoms with van der Waals surface area (Å²) in [6, 6.07) is 6.69. The molecule has 2 heterocycles. The van der Waals surface area contributed by atoms with Crippen molar-refractivity contribution in [2.45, 2.75) is 56.9 Å². The summed E-state index contributed by atoms with van der Waals surface area (Å²) >= 11 is 0. The first-order chi connectivity index (χ1) is 15.2. The number of benzene rings is 1. The van der Waals surface area contributed by atoms with Crippen molar-refractivity contribution in [1.82, 2.24) is 0 Å². The Morgan fingerprint density at radius 2 is 2.06 bits per heavy atom. The molecular formula is C27H30NO3+. The Morgan fingerprint density at radius 1 is 1.23 bits per heavy atom. The Kier molecular flexibility index (Phi) is 4.38. The fraction of sp³-hybridized carbons (Fsp3) is 0.444. The first kappa shape index (κ1) is 19.3. The zero-order valence-corrected chi connectivity index (χ0v) is 18.1. The van der Waals surface area contributed by atoms with Gasteiger partial charge in [-0.1, -0.05) is 37.5 Å². The van der Waals surface area contributed by atoms with Gasteiger partial charge < -0.3 is 9.84 Å². The molecule has 3 aliphatic carbocycles. The number of hydrogen-bond acceptors (Lipinski definition) is 3. The highest BCUT2D eigenvalue weighted by Gasteiger charge is 2.62. The smallest absolute Gasteiger partial charge is 0.423 e. The molecule has 0 bridgehead atoms. The molecule has 1 amide bonds. The Bertz CT molecular complexity index is 1180. The van der Waals surface area contributed by atoms with E-state index in [1.165, 1.54) is 66.4 Å². The van der Waals surface area contributed by atoms with Gasteiger partial charge in [-0.15, -0.1) is 0 Å². The average Bonchev–Trinajstić information content (AvgIpc) is 3.52. The number of rotatable bonds is 2. The van der Waals surface area contributed by atoms with E-state index >= 15 is 0 Å². The highest BCUT2D eigenvalue weighted by Crippen LogP contribution is 2.54. The molecular weight excluding hydrogens is 386 g/mol. The van der Waals surface area contributed by atoms with E-state index in [4.69, 9.17) is 4.74 Å². The monoisotopic (exact) mass is 416 g/mol. The summed E-state index contributed by atoms with van der Waals surface area (Å²) in [6.45, 7) is 0.115. The summed E-state index contributed by atoms with van der Waals surface area (Å²) < 4.78 is 5.59. The summed E-state index contributed by atoms with van der Waals surface area (Å²) in [4.78, 5) is 13.6. The van der Waals surface area contributed by atoms with Crippen molar-refractivity contribution in [2.24, 2.45) is 5.92 Å². The minimum absolute atomic E-state index is 0.00338. The summed E-state index contributed by atoms with van der Waals surface area (Å²) in [5, 5.41) is 12.6. The first-order valence-electron chi connectivity index (χ1n) is 11.7. The molecule has 1 aromatic rings. The lowest BCUT2D eigenvalue weighted by atomic mass is 9.82. The average molecular weight is 417 g/mol. The van der Waals surface area contributed by atoms with Gasteiger partial charge in [0.05, 0.1) is 20.1 Å². The van der Waals surface area contributed by atoms with Gasteiger partial charge in [0.1, 0.15) is 11.4 Å². The Labute approximate surface area is 183 Å². The van der Waals surface area contributed by atoms with E-state index < -0.39 is 0 Å². The molecule has 0 saturated heterocycles.